The van der Waals surface area contributed by atoms with Gasteiger partial charge in [-0.25, -0.2) is 4.68 Å². The Bertz CT molecular complexity index is 259. The van der Waals surface area contributed by atoms with E-state index in [0.29, 0.717) is 0 Å². The van der Waals surface area contributed by atoms with E-state index in [2.05, 4.69) is 15.5 Å². The lowest BCUT2D eigenvalue weighted by atomic mass is 10.1. The average molecular weight is 170 g/mol. The zero-order valence-electron chi connectivity index (χ0n) is 6.88. The summed E-state index contributed by atoms with van der Waals surface area (Å²) in [5.41, 5.74) is 0. The van der Waals surface area contributed by atoms with Gasteiger partial charge in [0.25, 0.3) is 0 Å². The average Bonchev–Trinajstić information content (AvgIpc) is 2.53. The lowest BCUT2D eigenvalue weighted by Gasteiger charge is -2.14. The van der Waals surface area contributed by atoms with Gasteiger partial charge in [-0.2, -0.15) is 0 Å². The van der Waals surface area contributed by atoms with E-state index in [-0.39, 0.29) is 6.04 Å². The van der Waals surface area contributed by atoms with E-state index in [9.17, 15) is 4.79 Å². The highest BCUT2D eigenvalue weighted by molar-refractivity contribution is 5.70. The summed E-state index contributed by atoms with van der Waals surface area (Å²) >= 11 is 0. The maximum absolute atomic E-state index is 10.6. The van der Waals surface area contributed by atoms with Crippen LogP contribution in [0.1, 0.15) is 19.9 Å². The van der Waals surface area contributed by atoms with Gasteiger partial charge in [-0.1, -0.05) is 0 Å². The number of aliphatic carboxylic acids is 1. The Kier molecular flexibility index (Phi) is 2.37. The molecule has 0 saturated heterocycles. The summed E-state index contributed by atoms with van der Waals surface area (Å²) in [5.74, 6) is -1.34. The molecule has 0 saturated carbocycles. The highest BCUT2D eigenvalue weighted by atomic mass is 16.4. The molecule has 1 aromatic rings. The summed E-state index contributed by atoms with van der Waals surface area (Å²) in [5, 5.41) is 19.1. The largest absolute Gasteiger partial charge is 0.481 e. The van der Waals surface area contributed by atoms with Crippen LogP contribution in [0.15, 0.2) is 6.33 Å². The van der Waals surface area contributed by atoms with E-state index in [0.717, 1.165) is 0 Å². The summed E-state index contributed by atoms with van der Waals surface area (Å²) in [7, 11) is 0. The summed E-state index contributed by atoms with van der Waals surface area (Å²) in [4.78, 5) is 10.6. The van der Waals surface area contributed by atoms with Crippen molar-refractivity contribution in [1.29, 1.82) is 0 Å². The first-order valence-electron chi connectivity index (χ1n) is 3.58. The fourth-order valence-electron chi connectivity index (χ4n) is 0.790. The van der Waals surface area contributed by atoms with Gasteiger partial charge in [-0.15, -0.1) is 5.10 Å². The minimum atomic E-state index is -0.849. The Hall–Kier alpha value is -1.46. The fraction of sp³-hybridized carbons (Fsp3) is 0.667. The van der Waals surface area contributed by atoms with Crippen LogP contribution in [0.25, 0.3) is 0 Å². The predicted molar refractivity (Wildman–Crippen MR) is 39.3 cm³/mol. The topological polar surface area (TPSA) is 80.9 Å². The van der Waals surface area contributed by atoms with Crippen molar-refractivity contribution in [2.75, 3.05) is 0 Å². The van der Waals surface area contributed by atoms with E-state index in [1.165, 1.54) is 11.0 Å². The molecule has 12 heavy (non-hydrogen) atoms. The molecule has 0 aromatic carbocycles. The quantitative estimate of drug-likeness (QED) is 0.688. The summed E-state index contributed by atoms with van der Waals surface area (Å²) in [6, 6.07) is -0.225. The first-order valence-corrected chi connectivity index (χ1v) is 3.58. The molecule has 6 heteroatoms. The second kappa shape index (κ2) is 3.29. The number of tetrazole rings is 1. The molecule has 1 rings (SSSR count). The summed E-state index contributed by atoms with van der Waals surface area (Å²) < 4.78 is 1.43. The monoisotopic (exact) mass is 170 g/mol. The third-order valence-corrected chi connectivity index (χ3v) is 1.90. The highest BCUT2D eigenvalue weighted by Crippen LogP contribution is 2.14. The van der Waals surface area contributed by atoms with Crippen LogP contribution in [0, 0.1) is 5.92 Å². The minimum absolute atomic E-state index is 0.225. The van der Waals surface area contributed by atoms with Gasteiger partial charge < -0.3 is 5.11 Å². The molecule has 0 spiro atoms. The molecule has 0 fully saturated rings. The number of aromatic nitrogens is 4. The number of nitrogens with zero attached hydrogens (tertiary/aromatic N) is 4. The summed E-state index contributed by atoms with van der Waals surface area (Å²) in [6.45, 7) is 3.38. The van der Waals surface area contributed by atoms with Crippen molar-refractivity contribution in [3.63, 3.8) is 0 Å². The third kappa shape index (κ3) is 1.58. The molecule has 0 amide bonds. The third-order valence-electron chi connectivity index (χ3n) is 1.90. The Balaban J connectivity index is 2.71. The van der Waals surface area contributed by atoms with Crippen molar-refractivity contribution in [3.05, 3.63) is 6.33 Å². The van der Waals surface area contributed by atoms with Crippen LogP contribution >= 0.6 is 0 Å². The van der Waals surface area contributed by atoms with Gasteiger partial charge in [-0.3, -0.25) is 4.79 Å². The molecule has 2 unspecified atom stereocenters. The van der Waals surface area contributed by atoms with Crippen molar-refractivity contribution in [3.8, 4) is 0 Å². The van der Waals surface area contributed by atoms with Gasteiger partial charge in [0, 0.05) is 0 Å². The van der Waals surface area contributed by atoms with Crippen molar-refractivity contribution in [2.45, 2.75) is 19.9 Å². The van der Waals surface area contributed by atoms with E-state index < -0.39 is 11.9 Å². The Labute approximate surface area is 69.2 Å². The molecule has 0 aliphatic heterocycles. The molecular formula is C6H10N4O2. The van der Waals surface area contributed by atoms with E-state index in [4.69, 9.17) is 5.11 Å². The van der Waals surface area contributed by atoms with Gasteiger partial charge in [0.15, 0.2) is 0 Å². The Morgan fingerprint density at radius 3 is 2.67 bits per heavy atom. The normalized spacial score (nSPS) is 15.5. The van der Waals surface area contributed by atoms with Crippen LogP contribution in [0.2, 0.25) is 0 Å². The number of carboxylic acid groups (broad SMARTS) is 1. The molecule has 0 aliphatic carbocycles. The van der Waals surface area contributed by atoms with Gasteiger partial charge in [0.1, 0.15) is 6.33 Å². The van der Waals surface area contributed by atoms with E-state index in [1.807, 2.05) is 0 Å². The maximum atomic E-state index is 10.6. The van der Waals surface area contributed by atoms with Crippen LogP contribution < -0.4 is 0 Å². The molecule has 66 valence electrons. The highest BCUT2D eigenvalue weighted by Gasteiger charge is 2.21. The molecule has 0 aliphatic rings. The first kappa shape index (κ1) is 8.63. The van der Waals surface area contributed by atoms with Crippen molar-refractivity contribution >= 4 is 5.97 Å². The zero-order chi connectivity index (χ0) is 9.14. The smallest absolute Gasteiger partial charge is 0.308 e. The van der Waals surface area contributed by atoms with Crippen LogP contribution in [-0.2, 0) is 4.79 Å². The van der Waals surface area contributed by atoms with E-state index in [1.54, 1.807) is 13.8 Å². The SMILES string of the molecule is CC(C(=O)O)C(C)n1cnnn1. The van der Waals surface area contributed by atoms with Crippen LogP contribution in [0.3, 0.4) is 0 Å². The second-order valence-electron chi connectivity index (χ2n) is 2.66. The molecule has 1 aromatic heterocycles. The number of rotatable bonds is 3. The summed E-state index contributed by atoms with van der Waals surface area (Å²) in [6.07, 6.45) is 1.41. The standard InChI is InChI=1S/C6H10N4O2/c1-4(6(11)12)5(2)10-3-7-8-9-10/h3-5H,1-2H3,(H,11,12). The van der Waals surface area contributed by atoms with E-state index >= 15 is 0 Å². The predicted octanol–water partition coefficient (Wildman–Crippen LogP) is -0.0452. The number of carboxylic acids is 1. The number of carbonyl (C=O) groups is 1. The fourth-order valence-corrected chi connectivity index (χ4v) is 0.790. The first-order chi connectivity index (χ1) is 5.63. The van der Waals surface area contributed by atoms with Gasteiger partial charge in [0.2, 0.25) is 0 Å². The van der Waals surface area contributed by atoms with Gasteiger partial charge in [0.05, 0.1) is 12.0 Å². The molecule has 1 N–H and O–H groups in total. The Morgan fingerprint density at radius 1 is 1.58 bits per heavy atom. The zero-order valence-corrected chi connectivity index (χ0v) is 6.88. The lowest BCUT2D eigenvalue weighted by molar-refractivity contribution is -0.142. The van der Waals surface area contributed by atoms with Crippen LogP contribution in [0.5, 0.6) is 0 Å². The van der Waals surface area contributed by atoms with Gasteiger partial charge >= 0.3 is 5.97 Å². The molecular weight excluding hydrogens is 160 g/mol. The van der Waals surface area contributed by atoms with Crippen molar-refractivity contribution in [1.82, 2.24) is 20.2 Å². The molecule has 0 bridgehead atoms. The molecule has 0 radical (unpaired) electrons. The minimum Gasteiger partial charge on any atom is -0.481 e. The maximum Gasteiger partial charge on any atom is 0.308 e. The number of hydrogen-bond acceptors (Lipinski definition) is 4. The molecule has 6 nitrogen and oxygen atoms in total. The van der Waals surface area contributed by atoms with Crippen LogP contribution in [-0.4, -0.2) is 31.3 Å². The second-order valence-corrected chi connectivity index (χ2v) is 2.66. The molecule has 1 heterocycles. The van der Waals surface area contributed by atoms with Crippen molar-refractivity contribution in [2.24, 2.45) is 5.92 Å². The molecule has 2 atom stereocenters. The van der Waals surface area contributed by atoms with Crippen molar-refractivity contribution < 1.29 is 9.90 Å². The van der Waals surface area contributed by atoms with Gasteiger partial charge in [-0.05, 0) is 24.3 Å². The Morgan fingerprint density at radius 2 is 2.25 bits per heavy atom. The lowest BCUT2D eigenvalue weighted by Crippen LogP contribution is -2.22. The van der Waals surface area contributed by atoms with Crippen LogP contribution in [0.4, 0.5) is 0 Å². The number of hydrogen-bond donors (Lipinski definition) is 1.